The number of hydrogen-bond donors (Lipinski definition) is 1. The third kappa shape index (κ3) is 3.56. The quantitative estimate of drug-likeness (QED) is 0.910. The minimum absolute atomic E-state index is 0.200. The predicted molar refractivity (Wildman–Crippen MR) is 84.1 cm³/mol. The van der Waals surface area contributed by atoms with E-state index in [2.05, 4.69) is 19.1 Å². The Kier molecular flexibility index (Phi) is 4.86. The fourth-order valence-electron chi connectivity index (χ4n) is 2.71. The molecule has 1 atom stereocenters. The molecule has 0 radical (unpaired) electrons. The van der Waals surface area contributed by atoms with Gasteiger partial charge >= 0.3 is 0 Å². The second-order valence-corrected chi connectivity index (χ2v) is 5.29. The van der Waals surface area contributed by atoms with E-state index in [0.717, 1.165) is 16.7 Å². The van der Waals surface area contributed by atoms with E-state index in [0.29, 0.717) is 11.5 Å². The maximum atomic E-state index is 10.4. The number of methoxy groups -OCH3 is 1. The number of aliphatic hydroxyl groups is 1. The Bertz CT molecular complexity index is 597. The first-order valence-corrected chi connectivity index (χ1v) is 7.04. The van der Waals surface area contributed by atoms with E-state index in [9.17, 15) is 5.11 Å². The topological polar surface area (TPSA) is 38.7 Å². The van der Waals surface area contributed by atoms with Crippen molar-refractivity contribution < 1.29 is 14.6 Å². The number of aryl methyl sites for hydroxylation is 3. The second kappa shape index (κ2) is 6.64. The zero-order valence-electron chi connectivity index (χ0n) is 13.0. The van der Waals surface area contributed by atoms with E-state index in [-0.39, 0.29) is 6.61 Å². The van der Waals surface area contributed by atoms with Crippen LogP contribution in [0.15, 0.2) is 36.4 Å². The van der Waals surface area contributed by atoms with E-state index >= 15 is 0 Å². The van der Waals surface area contributed by atoms with Gasteiger partial charge in [-0.3, -0.25) is 0 Å². The average Bonchev–Trinajstić information content (AvgIpc) is 2.44. The van der Waals surface area contributed by atoms with Gasteiger partial charge in [0.2, 0.25) is 0 Å². The van der Waals surface area contributed by atoms with Gasteiger partial charge in [-0.1, -0.05) is 29.8 Å². The van der Waals surface area contributed by atoms with E-state index < -0.39 is 6.10 Å². The molecular weight excluding hydrogens is 264 g/mol. The van der Waals surface area contributed by atoms with E-state index in [1.807, 2.05) is 38.1 Å². The Morgan fingerprint density at radius 3 is 2.14 bits per heavy atom. The number of rotatable bonds is 5. The molecule has 0 aliphatic heterocycles. The summed E-state index contributed by atoms with van der Waals surface area (Å²) in [6, 6.07) is 11.6. The molecule has 0 amide bonds. The van der Waals surface area contributed by atoms with Crippen molar-refractivity contribution >= 4 is 0 Å². The Morgan fingerprint density at radius 2 is 1.57 bits per heavy atom. The van der Waals surface area contributed by atoms with Crippen LogP contribution in [-0.4, -0.2) is 18.8 Å². The summed E-state index contributed by atoms with van der Waals surface area (Å²) in [6.07, 6.45) is -0.657. The van der Waals surface area contributed by atoms with Crippen LogP contribution in [-0.2, 0) is 0 Å². The van der Waals surface area contributed by atoms with Crippen molar-refractivity contribution in [3.63, 3.8) is 0 Å². The Morgan fingerprint density at radius 1 is 1.00 bits per heavy atom. The third-order valence-electron chi connectivity index (χ3n) is 3.54. The summed E-state index contributed by atoms with van der Waals surface area (Å²) in [4.78, 5) is 0. The lowest BCUT2D eigenvalue weighted by atomic mass is 9.96. The molecule has 1 unspecified atom stereocenters. The molecule has 0 heterocycles. The van der Waals surface area contributed by atoms with Gasteiger partial charge in [-0.25, -0.2) is 0 Å². The highest BCUT2D eigenvalue weighted by molar-refractivity contribution is 5.41. The minimum Gasteiger partial charge on any atom is -0.493 e. The van der Waals surface area contributed by atoms with Gasteiger partial charge in [-0.05, 0) is 49.6 Å². The molecule has 21 heavy (non-hydrogen) atoms. The van der Waals surface area contributed by atoms with Crippen LogP contribution in [0.4, 0.5) is 0 Å². The Labute approximate surface area is 126 Å². The third-order valence-corrected chi connectivity index (χ3v) is 3.54. The largest absolute Gasteiger partial charge is 0.493 e. The van der Waals surface area contributed by atoms with Crippen LogP contribution in [0.25, 0.3) is 0 Å². The lowest BCUT2D eigenvalue weighted by Gasteiger charge is -2.19. The maximum absolute atomic E-state index is 10.4. The average molecular weight is 286 g/mol. The van der Waals surface area contributed by atoms with Crippen LogP contribution < -0.4 is 9.47 Å². The van der Waals surface area contributed by atoms with E-state index in [4.69, 9.17) is 9.47 Å². The lowest BCUT2D eigenvalue weighted by Crippen LogP contribution is -2.13. The molecule has 112 valence electrons. The zero-order valence-corrected chi connectivity index (χ0v) is 13.0. The highest BCUT2D eigenvalue weighted by Crippen LogP contribution is 2.28. The number of para-hydroxylation sites is 2. The number of benzene rings is 2. The smallest absolute Gasteiger partial charge is 0.161 e. The van der Waals surface area contributed by atoms with Gasteiger partial charge in [0, 0.05) is 0 Å². The summed E-state index contributed by atoms with van der Waals surface area (Å²) in [5.74, 6) is 1.31. The van der Waals surface area contributed by atoms with E-state index in [1.165, 1.54) is 5.56 Å². The van der Waals surface area contributed by atoms with Crippen LogP contribution in [0.2, 0.25) is 0 Å². The molecule has 0 aliphatic rings. The molecule has 1 N–H and O–H groups in total. The van der Waals surface area contributed by atoms with Gasteiger partial charge in [0.1, 0.15) is 12.7 Å². The van der Waals surface area contributed by atoms with Gasteiger partial charge < -0.3 is 14.6 Å². The van der Waals surface area contributed by atoms with Crippen LogP contribution in [0, 0.1) is 20.8 Å². The normalized spacial score (nSPS) is 12.0. The first kappa shape index (κ1) is 15.4. The predicted octanol–water partition coefficient (Wildman–Crippen LogP) is 3.73. The highest BCUT2D eigenvalue weighted by Gasteiger charge is 2.15. The molecule has 3 nitrogen and oxygen atoms in total. The number of hydrogen-bond acceptors (Lipinski definition) is 3. The van der Waals surface area contributed by atoms with Crippen LogP contribution in [0.3, 0.4) is 0 Å². The molecule has 0 saturated carbocycles. The fraction of sp³-hybridized carbons (Fsp3) is 0.333. The molecule has 0 fully saturated rings. The van der Waals surface area contributed by atoms with E-state index in [1.54, 1.807) is 7.11 Å². The summed E-state index contributed by atoms with van der Waals surface area (Å²) in [7, 11) is 1.60. The molecule has 2 rings (SSSR count). The van der Waals surface area contributed by atoms with Crippen molar-refractivity contribution in [1.29, 1.82) is 0 Å². The summed E-state index contributed by atoms with van der Waals surface area (Å²) in [5, 5.41) is 10.4. The second-order valence-electron chi connectivity index (χ2n) is 5.29. The molecule has 0 saturated heterocycles. The van der Waals surface area contributed by atoms with Crippen molar-refractivity contribution in [2.75, 3.05) is 13.7 Å². The minimum atomic E-state index is -0.657. The van der Waals surface area contributed by atoms with Gasteiger partial charge in [0.25, 0.3) is 0 Å². The number of ether oxygens (including phenoxy) is 2. The van der Waals surface area contributed by atoms with Gasteiger partial charge in [-0.2, -0.15) is 0 Å². The molecule has 3 heteroatoms. The fourth-order valence-corrected chi connectivity index (χ4v) is 2.71. The summed E-state index contributed by atoms with van der Waals surface area (Å²) in [5.41, 5.74) is 4.31. The van der Waals surface area contributed by atoms with Crippen molar-refractivity contribution in [1.82, 2.24) is 0 Å². The number of aliphatic hydroxyl groups excluding tert-OH is 1. The van der Waals surface area contributed by atoms with Crippen molar-refractivity contribution in [2.45, 2.75) is 26.9 Å². The molecule has 0 aliphatic carbocycles. The van der Waals surface area contributed by atoms with Crippen molar-refractivity contribution in [3.8, 4) is 11.5 Å². The molecule has 0 spiro atoms. The summed E-state index contributed by atoms with van der Waals surface area (Å²) < 4.78 is 10.9. The molecule has 0 bridgehead atoms. The summed E-state index contributed by atoms with van der Waals surface area (Å²) in [6.45, 7) is 6.29. The monoisotopic (exact) mass is 286 g/mol. The van der Waals surface area contributed by atoms with Crippen LogP contribution in [0.5, 0.6) is 11.5 Å². The SMILES string of the molecule is COc1ccccc1OCC(O)c1c(C)cc(C)cc1C. The van der Waals surface area contributed by atoms with Crippen LogP contribution in [0.1, 0.15) is 28.4 Å². The van der Waals surface area contributed by atoms with Crippen LogP contribution >= 0.6 is 0 Å². The van der Waals surface area contributed by atoms with Gasteiger partial charge in [0.15, 0.2) is 11.5 Å². The molecule has 0 aromatic heterocycles. The Hall–Kier alpha value is -2.00. The first-order valence-electron chi connectivity index (χ1n) is 7.04. The van der Waals surface area contributed by atoms with Crippen molar-refractivity contribution in [3.05, 3.63) is 58.7 Å². The van der Waals surface area contributed by atoms with Gasteiger partial charge in [-0.15, -0.1) is 0 Å². The molecule has 2 aromatic rings. The highest BCUT2D eigenvalue weighted by atomic mass is 16.5. The Balaban J connectivity index is 2.14. The van der Waals surface area contributed by atoms with Crippen molar-refractivity contribution in [2.24, 2.45) is 0 Å². The first-order chi connectivity index (χ1) is 10.0. The summed E-state index contributed by atoms with van der Waals surface area (Å²) >= 11 is 0. The standard InChI is InChI=1S/C18H22O3/c1-12-9-13(2)18(14(3)10-12)15(19)11-21-17-8-6-5-7-16(17)20-4/h5-10,15,19H,11H2,1-4H3. The molecular formula is C18H22O3. The molecule has 2 aromatic carbocycles. The zero-order chi connectivity index (χ0) is 15.4. The lowest BCUT2D eigenvalue weighted by molar-refractivity contribution is 0.105. The van der Waals surface area contributed by atoms with Gasteiger partial charge in [0.05, 0.1) is 7.11 Å². The maximum Gasteiger partial charge on any atom is 0.161 e.